The van der Waals surface area contributed by atoms with E-state index >= 15 is 0 Å². The molecular weight excluding hydrogens is 270 g/mol. The molecule has 0 aromatic carbocycles. The average Bonchev–Trinajstić information content (AvgIpc) is 2.65. The minimum atomic E-state index is 0.242. The van der Waals surface area contributed by atoms with Gasteiger partial charge in [0.15, 0.2) is 0 Å². The van der Waals surface area contributed by atoms with Crippen LogP contribution in [0.15, 0.2) is 15.9 Å². The summed E-state index contributed by atoms with van der Waals surface area (Å²) in [5.41, 5.74) is 6.34. The van der Waals surface area contributed by atoms with E-state index in [-0.39, 0.29) is 6.04 Å². The fourth-order valence-corrected chi connectivity index (χ4v) is 4.14. The van der Waals surface area contributed by atoms with E-state index < -0.39 is 0 Å². The largest absolute Gasteiger partial charge is 0.323 e. The van der Waals surface area contributed by atoms with Crippen LogP contribution in [-0.2, 0) is 0 Å². The van der Waals surface area contributed by atoms with Crippen LogP contribution in [0, 0.1) is 11.8 Å². The summed E-state index contributed by atoms with van der Waals surface area (Å²) in [6.45, 7) is 2.35. The van der Waals surface area contributed by atoms with Crippen molar-refractivity contribution < 1.29 is 0 Å². The second-order valence-electron chi connectivity index (χ2n) is 4.68. The van der Waals surface area contributed by atoms with Gasteiger partial charge in [-0.05, 0) is 52.1 Å². The minimum absolute atomic E-state index is 0.242. The standard InChI is InChI=1S/C12H18BrNS/c1-8-2-4-9(5-3-8)11(14)12-10(13)6-7-15-12/h6-9,11H,2-5,14H2,1H3. The third-order valence-corrected chi connectivity index (χ3v) is 5.49. The predicted octanol–water partition coefficient (Wildman–Crippen LogP) is 4.34. The summed E-state index contributed by atoms with van der Waals surface area (Å²) in [4.78, 5) is 1.33. The highest BCUT2D eigenvalue weighted by Gasteiger charge is 2.26. The Morgan fingerprint density at radius 3 is 2.60 bits per heavy atom. The molecule has 1 heterocycles. The first-order valence-corrected chi connectivity index (χ1v) is 7.34. The molecule has 0 radical (unpaired) electrons. The molecule has 1 nitrogen and oxygen atoms in total. The Morgan fingerprint density at radius 1 is 1.40 bits per heavy atom. The molecular formula is C12H18BrNS. The number of nitrogens with two attached hydrogens (primary N) is 1. The van der Waals surface area contributed by atoms with Gasteiger partial charge in [0.25, 0.3) is 0 Å². The Hall–Kier alpha value is 0.140. The maximum Gasteiger partial charge on any atom is 0.0429 e. The topological polar surface area (TPSA) is 26.0 Å². The first-order chi connectivity index (χ1) is 7.18. The molecule has 1 aromatic heterocycles. The van der Waals surface area contributed by atoms with Crippen molar-refractivity contribution in [3.05, 3.63) is 20.8 Å². The smallest absolute Gasteiger partial charge is 0.0429 e. The van der Waals surface area contributed by atoms with Gasteiger partial charge in [-0.1, -0.05) is 19.8 Å². The molecule has 1 atom stereocenters. The summed E-state index contributed by atoms with van der Waals surface area (Å²) < 4.78 is 1.19. The molecule has 3 heteroatoms. The Balaban J connectivity index is 2.02. The predicted molar refractivity (Wildman–Crippen MR) is 70.1 cm³/mol. The summed E-state index contributed by atoms with van der Waals surface area (Å²) in [5.74, 6) is 1.59. The van der Waals surface area contributed by atoms with Crippen LogP contribution in [-0.4, -0.2) is 0 Å². The third kappa shape index (κ3) is 2.63. The molecule has 84 valence electrons. The minimum Gasteiger partial charge on any atom is -0.323 e. The van der Waals surface area contributed by atoms with Crippen molar-refractivity contribution in [2.45, 2.75) is 38.6 Å². The molecule has 1 aliphatic carbocycles. The maximum absolute atomic E-state index is 6.34. The molecule has 0 saturated heterocycles. The molecule has 0 amide bonds. The fraction of sp³-hybridized carbons (Fsp3) is 0.667. The SMILES string of the molecule is CC1CCC(C(N)c2sccc2Br)CC1. The lowest BCUT2D eigenvalue weighted by Gasteiger charge is -2.30. The summed E-state index contributed by atoms with van der Waals surface area (Å²) in [5, 5.41) is 2.12. The van der Waals surface area contributed by atoms with Gasteiger partial charge >= 0.3 is 0 Å². The van der Waals surface area contributed by atoms with Crippen molar-refractivity contribution in [1.82, 2.24) is 0 Å². The van der Waals surface area contributed by atoms with Crippen molar-refractivity contribution in [1.29, 1.82) is 0 Å². The maximum atomic E-state index is 6.34. The van der Waals surface area contributed by atoms with Crippen molar-refractivity contribution in [2.24, 2.45) is 17.6 Å². The molecule has 1 aliphatic rings. The van der Waals surface area contributed by atoms with Gasteiger partial charge in [0.05, 0.1) is 0 Å². The fourth-order valence-electron chi connectivity index (χ4n) is 2.40. The zero-order valence-corrected chi connectivity index (χ0v) is 11.5. The highest BCUT2D eigenvalue weighted by atomic mass is 79.9. The van der Waals surface area contributed by atoms with E-state index in [0.29, 0.717) is 5.92 Å². The van der Waals surface area contributed by atoms with Crippen LogP contribution in [0.1, 0.15) is 43.5 Å². The number of hydrogen-bond donors (Lipinski definition) is 1. The second-order valence-corrected chi connectivity index (χ2v) is 6.48. The lowest BCUT2D eigenvalue weighted by Crippen LogP contribution is -2.24. The summed E-state index contributed by atoms with van der Waals surface area (Å²) >= 11 is 5.36. The van der Waals surface area contributed by atoms with E-state index in [1.807, 2.05) is 0 Å². The van der Waals surface area contributed by atoms with Crippen LogP contribution < -0.4 is 5.73 Å². The lowest BCUT2D eigenvalue weighted by molar-refractivity contribution is 0.257. The van der Waals surface area contributed by atoms with Gasteiger partial charge in [0.2, 0.25) is 0 Å². The van der Waals surface area contributed by atoms with Crippen LogP contribution in [0.25, 0.3) is 0 Å². The molecule has 2 rings (SSSR count). The first-order valence-electron chi connectivity index (χ1n) is 5.67. The van der Waals surface area contributed by atoms with Gasteiger partial charge in [-0.15, -0.1) is 11.3 Å². The van der Waals surface area contributed by atoms with Crippen molar-refractivity contribution in [3.63, 3.8) is 0 Å². The molecule has 1 aromatic rings. The second kappa shape index (κ2) is 4.98. The van der Waals surface area contributed by atoms with Gasteiger partial charge < -0.3 is 5.73 Å². The van der Waals surface area contributed by atoms with Crippen LogP contribution in [0.3, 0.4) is 0 Å². The molecule has 0 aliphatic heterocycles. The van der Waals surface area contributed by atoms with Crippen LogP contribution in [0.2, 0.25) is 0 Å². The van der Waals surface area contributed by atoms with E-state index in [0.717, 1.165) is 5.92 Å². The van der Waals surface area contributed by atoms with Crippen molar-refractivity contribution in [3.8, 4) is 0 Å². The zero-order chi connectivity index (χ0) is 10.8. The molecule has 0 spiro atoms. The average molecular weight is 288 g/mol. The van der Waals surface area contributed by atoms with Gasteiger partial charge in [-0.25, -0.2) is 0 Å². The number of hydrogen-bond acceptors (Lipinski definition) is 2. The Kier molecular flexibility index (Phi) is 3.86. The molecule has 2 N–H and O–H groups in total. The number of rotatable bonds is 2. The van der Waals surface area contributed by atoms with Crippen molar-refractivity contribution in [2.75, 3.05) is 0 Å². The Morgan fingerprint density at radius 2 is 2.07 bits per heavy atom. The molecule has 0 bridgehead atoms. The summed E-state index contributed by atoms with van der Waals surface area (Å²) in [7, 11) is 0. The zero-order valence-electron chi connectivity index (χ0n) is 9.08. The van der Waals surface area contributed by atoms with Gasteiger partial charge in [0, 0.05) is 15.4 Å². The van der Waals surface area contributed by atoms with Gasteiger partial charge in [-0.2, -0.15) is 0 Å². The van der Waals surface area contributed by atoms with E-state index in [1.165, 1.54) is 35.0 Å². The van der Waals surface area contributed by atoms with E-state index in [9.17, 15) is 0 Å². The highest BCUT2D eigenvalue weighted by Crippen LogP contribution is 2.39. The summed E-state index contributed by atoms with van der Waals surface area (Å²) in [6.07, 6.45) is 5.29. The Labute approximate surface area is 104 Å². The molecule has 1 saturated carbocycles. The molecule has 1 unspecified atom stereocenters. The molecule has 1 fully saturated rings. The Bertz CT molecular complexity index is 315. The van der Waals surface area contributed by atoms with Crippen LogP contribution >= 0.6 is 27.3 Å². The van der Waals surface area contributed by atoms with E-state index in [2.05, 4.69) is 34.3 Å². The highest BCUT2D eigenvalue weighted by molar-refractivity contribution is 9.10. The lowest BCUT2D eigenvalue weighted by atomic mass is 9.79. The van der Waals surface area contributed by atoms with Gasteiger partial charge in [-0.3, -0.25) is 0 Å². The van der Waals surface area contributed by atoms with Crippen LogP contribution in [0.4, 0.5) is 0 Å². The molecule has 15 heavy (non-hydrogen) atoms. The van der Waals surface area contributed by atoms with Crippen molar-refractivity contribution >= 4 is 27.3 Å². The third-order valence-electron chi connectivity index (χ3n) is 3.52. The number of thiophene rings is 1. The monoisotopic (exact) mass is 287 g/mol. The van der Waals surface area contributed by atoms with E-state index in [1.54, 1.807) is 11.3 Å². The first kappa shape index (κ1) is 11.6. The summed E-state index contributed by atoms with van der Waals surface area (Å²) in [6, 6.07) is 2.34. The number of halogens is 1. The quantitative estimate of drug-likeness (QED) is 0.861. The van der Waals surface area contributed by atoms with Crippen LogP contribution in [0.5, 0.6) is 0 Å². The normalized spacial score (nSPS) is 29.0. The van der Waals surface area contributed by atoms with E-state index in [4.69, 9.17) is 5.73 Å². The van der Waals surface area contributed by atoms with Gasteiger partial charge in [0.1, 0.15) is 0 Å².